The number of carbonyl (C=O) groups is 1. The highest BCUT2D eigenvalue weighted by atomic mass is 16.5. The highest BCUT2D eigenvalue weighted by Gasteiger charge is 2.13. The summed E-state index contributed by atoms with van der Waals surface area (Å²) in [4.78, 5) is 33.3. The first-order chi connectivity index (χ1) is 14.9. The predicted octanol–water partition coefficient (Wildman–Crippen LogP) is 3.53. The monoisotopic (exact) mass is 415 g/mol. The van der Waals surface area contributed by atoms with Crippen LogP contribution in [0.5, 0.6) is 11.5 Å². The summed E-state index contributed by atoms with van der Waals surface area (Å²) >= 11 is 0. The number of pyridine rings is 3. The van der Waals surface area contributed by atoms with Crippen molar-refractivity contribution in [1.29, 1.82) is 0 Å². The van der Waals surface area contributed by atoms with Crippen molar-refractivity contribution in [3.05, 3.63) is 88.9 Å². The largest absolute Gasteiger partial charge is 0.456 e. The summed E-state index contributed by atoms with van der Waals surface area (Å²) in [5, 5.41) is 2.65. The van der Waals surface area contributed by atoms with Crippen LogP contribution in [0.3, 0.4) is 0 Å². The number of anilines is 1. The summed E-state index contributed by atoms with van der Waals surface area (Å²) < 4.78 is 9.20. The van der Waals surface area contributed by atoms with E-state index in [-0.39, 0.29) is 11.1 Å². The first-order valence-corrected chi connectivity index (χ1v) is 9.60. The van der Waals surface area contributed by atoms with Crippen molar-refractivity contribution in [3.8, 4) is 22.8 Å². The molecule has 4 rings (SSSR count). The van der Waals surface area contributed by atoms with Gasteiger partial charge in [0.15, 0.2) is 0 Å². The average molecular weight is 415 g/mol. The van der Waals surface area contributed by atoms with Crippen LogP contribution in [0, 0.1) is 6.92 Å². The molecule has 0 aliphatic carbocycles. The van der Waals surface area contributed by atoms with E-state index in [0.29, 0.717) is 17.3 Å². The van der Waals surface area contributed by atoms with Gasteiger partial charge in [0.25, 0.3) is 11.5 Å². The minimum Gasteiger partial charge on any atom is -0.456 e. The number of hydrogen-bond acceptors (Lipinski definition) is 5. The third-order valence-corrected chi connectivity index (χ3v) is 4.64. The Morgan fingerprint density at radius 2 is 1.87 bits per heavy atom. The maximum absolute atomic E-state index is 12.5. The van der Waals surface area contributed by atoms with Gasteiger partial charge in [-0.2, -0.15) is 0 Å². The standard InChI is InChI=1S/C23H21N5O3/c1-15-10-19(23(30)28(3)13-15)22(29)26-21-5-4-18(12-25-21)31-17-6-8-24-20(11-17)16-7-9-27(2)14-16/h4-14H,1-3H3,(H,25,26,29). The summed E-state index contributed by atoms with van der Waals surface area (Å²) in [5.41, 5.74) is 2.31. The molecule has 8 nitrogen and oxygen atoms in total. The fraction of sp³-hybridized carbons (Fsp3) is 0.130. The molecule has 0 aromatic carbocycles. The van der Waals surface area contributed by atoms with Gasteiger partial charge in [-0.15, -0.1) is 0 Å². The first kappa shape index (κ1) is 20.1. The van der Waals surface area contributed by atoms with Gasteiger partial charge in [0.1, 0.15) is 22.9 Å². The molecule has 0 aliphatic heterocycles. The van der Waals surface area contributed by atoms with E-state index in [2.05, 4.69) is 15.3 Å². The topological polar surface area (TPSA) is 91.0 Å². The summed E-state index contributed by atoms with van der Waals surface area (Å²) in [7, 11) is 3.56. The summed E-state index contributed by atoms with van der Waals surface area (Å²) in [6.45, 7) is 1.82. The predicted molar refractivity (Wildman–Crippen MR) is 117 cm³/mol. The minimum atomic E-state index is -0.507. The zero-order chi connectivity index (χ0) is 22.0. The van der Waals surface area contributed by atoms with Crippen molar-refractivity contribution < 1.29 is 9.53 Å². The molecule has 8 heteroatoms. The third kappa shape index (κ3) is 4.53. The number of nitrogens with one attached hydrogen (secondary N) is 1. The lowest BCUT2D eigenvalue weighted by molar-refractivity contribution is 0.102. The van der Waals surface area contributed by atoms with Crippen LogP contribution in [0.25, 0.3) is 11.3 Å². The van der Waals surface area contributed by atoms with Crippen LogP contribution in [-0.4, -0.2) is 25.0 Å². The quantitative estimate of drug-likeness (QED) is 0.538. The molecule has 0 aliphatic rings. The summed E-state index contributed by atoms with van der Waals surface area (Å²) in [6, 6.07) is 10.5. The van der Waals surface area contributed by atoms with Crippen LogP contribution in [0.4, 0.5) is 5.82 Å². The lowest BCUT2D eigenvalue weighted by atomic mass is 10.2. The Balaban J connectivity index is 1.47. The van der Waals surface area contributed by atoms with Gasteiger partial charge in [-0.3, -0.25) is 14.6 Å². The molecular formula is C23H21N5O3. The highest BCUT2D eigenvalue weighted by Crippen LogP contribution is 2.26. The van der Waals surface area contributed by atoms with Crippen LogP contribution in [0.15, 0.2) is 72.2 Å². The van der Waals surface area contributed by atoms with Gasteiger partial charge in [0, 0.05) is 50.5 Å². The van der Waals surface area contributed by atoms with E-state index in [1.165, 1.54) is 10.8 Å². The number of rotatable bonds is 5. The molecular weight excluding hydrogens is 394 g/mol. The SMILES string of the molecule is Cc1cc(C(=O)Nc2ccc(Oc3ccnc(-c4ccn(C)c4)c3)cn2)c(=O)n(C)c1. The molecule has 0 spiro atoms. The van der Waals surface area contributed by atoms with Gasteiger partial charge in [0.05, 0.1) is 11.9 Å². The second kappa shape index (κ2) is 8.27. The molecule has 4 aromatic heterocycles. The lowest BCUT2D eigenvalue weighted by Gasteiger charge is -2.09. The van der Waals surface area contributed by atoms with Crippen LogP contribution in [-0.2, 0) is 14.1 Å². The lowest BCUT2D eigenvalue weighted by Crippen LogP contribution is -2.27. The van der Waals surface area contributed by atoms with Crippen molar-refractivity contribution in [2.45, 2.75) is 6.92 Å². The second-order valence-electron chi connectivity index (χ2n) is 7.22. The molecule has 1 N–H and O–H groups in total. The zero-order valence-corrected chi connectivity index (χ0v) is 17.4. The van der Waals surface area contributed by atoms with Crippen molar-refractivity contribution in [2.75, 3.05) is 5.32 Å². The highest BCUT2D eigenvalue weighted by molar-refractivity contribution is 6.03. The molecule has 0 radical (unpaired) electrons. The van der Waals surface area contributed by atoms with Crippen LogP contribution in [0.2, 0.25) is 0 Å². The van der Waals surface area contributed by atoms with Crippen LogP contribution in [0.1, 0.15) is 15.9 Å². The Morgan fingerprint density at radius 3 is 2.58 bits per heavy atom. The van der Waals surface area contributed by atoms with Crippen molar-refractivity contribution >= 4 is 11.7 Å². The minimum absolute atomic E-state index is 0.0647. The van der Waals surface area contributed by atoms with Crippen molar-refractivity contribution in [2.24, 2.45) is 14.1 Å². The van der Waals surface area contributed by atoms with Crippen LogP contribution >= 0.6 is 0 Å². The Morgan fingerprint density at radius 1 is 1.03 bits per heavy atom. The molecule has 4 aromatic rings. The Kier molecular flexibility index (Phi) is 5.36. The van der Waals surface area contributed by atoms with Crippen molar-refractivity contribution in [3.63, 3.8) is 0 Å². The Bertz CT molecular complexity index is 1310. The van der Waals surface area contributed by atoms with E-state index in [1.54, 1.807) is 43.7 Å². The number of aromatic nitrogens is 4. The van der Waals surface area contributed by atoms with Gasteiger partial charge in [-0.05, 0) is 42.8 Å². The van der Waals surface area contributed by atoms with E-state index >= 15 is 0 Å². The number of ether oxygens (including phenoxy) is 1. The normalized spacial score (nSPS) is 10.7. The number of nitrogens with zero attached hydrogens (tertiary/aromatic N) is 4. The van der Waals surface area contributed by atoms with Crippen molar-refractivity contribution in [1.82, 2.24) is 19.1 Å². The van der Waals surface area contributed by atoms with E-state index in [1.807, 2.05) is 43.1 Å². The van der Waals surface area contributed by atoms with Gasteiger partial charge >= 0.3 is 0 Å². The fourth-order valence-electron chi connectivity index (χ4n) is 3.17. The maximum Gasteiger partial charge on any atom is 0.263 e. The Labute approximate surface area is 178 Å². The third-order valence-electron chi connectivity index (χ3n) is 4.64. The first-order valence-electron chi connectivity index (χ1n) is 9.60. The average Bonchev–Trinajstić information content (AvgIpc) is 3.18. The molecule has 1 amide bonds. The molecule has 0 fully saturated rings. The number of carbonyl (C=O) groups excluding carboxylic acids is 1. The van der Waals surface area contributed by atoms with Crippen LogP contribution < -0.4 is 15.6 Å². The molecule has 4 heterocycles. The maximum atomic E-state index is 12.5. The van der Waals surface area contributed by atoms with Gasteiger partial charge in [0.2, 0.25) is 0 Å². The van der Waals surface area contributed by atoms with E-state index in [4.69, 9.17) is 4.74 Å². The molecule has 0 unspecified atom stereocenters. The summed E-state index contributed by atoms with van der Waals surface area (Å²) in [6.07, 6.45) is 8.79. The summed E-state index contributed by atoms with van der Waals surface area (Å²) in [5.74, 6) is 0.943. The molecule has 31 heavy (non-hydrogen) atoms. The van der Waals surface area contributed by atoms with E-state index in [9.17, 15) is 9.59 Å². The second-order valence-corrected chi connectivity index (χ2v) is 7.22. The molecule has 156 valence electrons. The van der Waals surface area contributed by atoms with Gasteiger partial charge in [-0.1, -0.05) is 0 Å². The molecule has 0 atom stereocenters. The number of hydrogen-bond donors (Lipinski definition) is 1. The molecule has 0 bridgehead atoms. The fourth-order valence-corrected chi connectivity index (χ4v) is 3.17. The zero-order valence-electron chi connectivity index (χ0n) is 17.4. The van der Waals surface area contributed by atoms with E-state index in [0.717, 1.165) is 16.8 Å². The number of aryl methyl sites for hydroxylation is 3. The smallest absolute Gasteiger partial charge is 0.263 e. The van der Waals surface area contributed by atoms with E-state index < -0.39 is 5.91 Å². The molecule has 0 saturated carbocycles. The number of amides is 1. The van der Waals surface area contributed by atoms with Gasteiger partial charge in [-0.25, -0.2) is 4.98 Å². The Hall–Kier alpha value is -4.20. The van der Waals surface area contributed by atoms with Gasteiger partial charge < -0.3 is 19.2 Å². The molecule has 0 saturated heterocycles.